The molecule has 17 heavy (non-hydrogen) atoms. The molecule has 92 valence electrons. The van der Waals surface area contributed by atoms with Gasteiger partial charge in [-0.2, -0.15) is 0 Å². The van der Waals surface area contributed by atoms with Crippen molar-refractivity contribution in [3.05, 3.63) is 0 Å². The van der Waals surface area contributed by atoms with Crippen LogP contribution in [0.4, 0.5) is 4.79 Å². The largest absolute Gasteiger partial charge is 0.481 e. The molecule has 4 atom stereocenters. The molecule has 4 unspecified atom stereocenters. The van der Waals surface area contributed by atoms with Gasteiger partial charge in [0.2, 0.25) is 0 Å². The molecule has 2 aliphatic heterocycles. The number of carbonyl (C=O) groups excluding carboxylic acids is 1. The zero-order valence-electron chi connectivity index (χ0n) is 9.72. The Morgan fingerprint density at radius 1 is 1.53 bits per heavy atom. The molecule has 2 fully saturated rings. The van der Waals surface area contributed by atoms with Crippen LogP contribution in [0, 0.1) is 18.3 Å². The maximum Gasteiger partial charge on any atom is 0.318 e. The predicted molar refractivity (Wildman–Crippen MR) is 61.2 cm³/mol. The van der Waals surface area contributed by atoms with Crippen molar-refractivity contribution >= 4 is 12.0 Å². The van der Waals surface area contributed by atoms with Crippen molar-refractivity contribution in [3.63, 3.8) is 0 Å². The average molecular weight is 236 g/mol. The topological polar surface area (TPSA) is 69.6 Å². The number of rotatable bonds is 2. The molecule has 0 saturated carbocycles. The first-order chi connectivity index (χ1) is 8.04. The Morgan fingerprint density at radius 3 is 2.76 bits per heavy atom. The third-order valence-electron chi connectivity index (χ3n) is 3.68. The summed E-state index contributed by atoms with van der Waals surface area (Å²) in [4.78, 5) is 24.7. The van der Waals surface area contributed by atoms with E-state index in [1.54, 1.807) is 11.8 Å². The van der Waals surface area contributed by atoms with Crippen LogP contribution >= 0.6 is 0 Å². The zero-order valence-corrected chi connectivity index (χ0v) is 9.72. The predicted octanol–water partition coefficient (Wildman–Crippen LogP) is 0.655. The molecule has 2 heterocycles. The summed E-state index contributed by atoms with van der Waals surface area (Å²) in [5.41, 5.74) is 0. The third kappa shape index (κ3) is 1.95. The van der Waals surface area contributed by atoms with Gasteiger partial charge in [0.1, 0.15) is 0 Å². The number of nitrogens with one attached hydrogen (secondary N) is 1. The van der Waals surface area contributed by atoms with Crippen LogP contribution in [0.3, 0.4) is 0 Å². The Labute approximate surface area is 100 Å². The van der Waals surface area contributed by atoms with Crippen LogP contribution in [0.5, 0.6) is 0 Å². The van der Waals surface area contributed by atoms with Crippen LogP contribution in [0.1, 0.15) is 26.2 Å². The van der Waals surface area contributed by atoms with Crippen molar-refractivity contribution in [1.29, 1.82) is 0 Å². The highest BCUT2D eigenvalue weighted by Gasteiger charge is 2.51. The Bertz CT molecular complexity index is 388. The van der Waals surface area contributed by atoms with Crippen molar-refractivity contribution < 1.29 is 14.7 Å². The van der Waals surface area contributed by atoms with Gasteiger partial charge in [0, 0.05) is 12.1 Å². The molecule has 5 heteroatoms. The van der Waals surface area contributed by atoms with Gasteiger partial charge in [-0.05, 0) is 26.2 Å². The Kier molecular flexibility index (Phi) is 2.97. The highest BCUT2D eigenvalue weighted by molar-refractivity contribution is 5.79. The molecule has 5 nitrogen and oxygen atoms in total. The van der Waals surface area contributed by atoms with Crippen LogP contribution in [0.2, 0.25) is 0 Å². The molecule has 2 saturated heterocycles. The first-order valence-corrected chi connectivity index (χ1v) is 5.82. The van der Waals surface area contributed by atoms with Gasteiger partial charge in [0.15, 0.2) is 0 Å². The number of carbonyl (C=O) groups is 2. The minimum atomic E-state index is -0.806. The van der Waals surface area contributed by atoms with E-state index in [0.717, 1.165) is 12.8 Å². The van der Waals surface area contributed by atoms with Gasteiger partial charge in [-0.25, -0.2) is 4.79 Å². The minimum absolute atomic E-state index is 0.0612. The number of hydrogen-bond donors (Lipinski definition) is 2. The molecule has 2 amide bonds. The van der Waals surface area contributed by atoms with E-state index in [1.807, 2.05) is 0 Å². The lowest BCUT2D eigenvalue weighted by molar-refractivity contribution is -0.142. The fourth-order valence-electron chi connectivity index (χ4n) is 2.87. The van der Waals surface area contributed by atoms with E-state index < -0.39 is 11.9 Å². The highest BCUT2D eigenvalue weighted by Crippen LogP contribution is 2.41. The number of urea groups is 1. The second-order valence-corrected chi connectivity index (χ2v) is 4.72. The fraction of sp³-hybridized carbons (Fsp3) is 0.667. The number of carboxylic acid groups (broad SMARTS) is 1. The maximum absolute atomic E-state index is 12.0. The Hall–Kier alpha value is -1.70. The molecule has 2 N–H and O–H groups in total. The number of hydrogen-bond acceptors (Lipinski definition) is 2. The molecule has 0 aromatic heterocycles. The molecule has 2 aliphatic rings. The van der Waals surface area contributed by atoms with E-state index in [4.69, 9.17) is 11.5 Å². The Balaban J connectivity index is 2.06. The van der Waals surface area contributed by atoms with Gasteiger partial charge >= 0.3 is 12.0 Å². The molecule has 2 bridgehead atoms. The second-order valence-electron chi connectivity index (χ2n) is 4.72. The number of aliphatic carboxylic acids is 1. The third-order valence-corrected chi connectivity index (χ3v) is 3.68. The second kappa shape index (κ2) is 4.28. The lowest BCUT2D eigenvalue weighted by Gasteiger charge is -2.24. The number of carboxylic acids is 1. The summed E-state index contributed by atoms with van der Waals surface area (Å²) >= 11 is 0. The summed E-state index contributed by atoms with van der Waals surface area (Å²) in [5.74, 6) is 1.21. The van der Waals surface area contributed by atoms with Gasteiger partial charge in [-0.3, -0.25) is 4.79 Å². The summed E-state index contributed by atoms with van der Waals surface area (Å²) < 4.78 is 0. The van der Waals surface area contributed by atoms with E-state index in [0.29, 0.717) is 6.42 Å². The monoisotopic (exact) mass is 236 g/mol. The lowest BCUT2D eigenvalue weighted by atomic mass is 9.89. The molecular weight excluding hydrogens is 220 g/mol. The van der Waals surface area contributed by atoms with Crippen molar-refractivity contribution in [2.75, 3.05) is 0 Å². The van der Waals surface area contributed by atoms with E-state index in [-0.39, 0.29) is 24.2 Å². The standard InChI is InChI=1S/C12H16N2O3/c1-3-7(2)13-12(17)14-8-4-5-10(14)9(6-8)11(15)16/h1,7-10H,4-6H2,2H3,(H,13,17)(H,15,16). The quantitative estimate of drug-likeness (QED) is 0.692. The first kappa shape index (κ1) is 11.8. The van der Waals surface area contributed by atoms with E-state index in [9.17, 15) is 9.59 Å². The number of terminal acetylenes is 1. The average Bonchev–Trinajstić information content (AvgIpc) is 2.85. The molecule has 0 aliphatic carbocycles. The molecule has 0 aromatic rings. The number of fused-ring (bicyclic) bond motifs is 2. The van der Waals surface area contributed by atoms with Gasteiger partial charge in [-0.15, -0.1) is 6.42 Å². The summed E-state index contributed by atoms with van der Waals surface area (Å²) in [7, 11) is 0. The highest BCUT2D eigenvalue weighted by atomic mass is 16.4. The molecule has 0 aromatic carbocycles. The van der Waals surface area contributed by atoms with Crippen LogP contribution in [-0.4, -0.2) is 40.1 Å². The smallest absolute Gasteiger partial charge is 0.318 e. The normalized spacial score (nSPS) is 32.0. The molecule has 0 radical (unpaired) electrons. The van der Waals surface area contributed by atoms with Crippen LogP contribution in [0.15, 0.2) is 0 Å². The van der Waals surface area contributed by atoms with E-state index in [1.165, 1.54) is 0 Å². The summed E-state index contributed by atoms with van der Waals surface area (Å²) in [6.07, 6.45) is 7.44. The molecule has 0 spiro atoms. The summed E-state index contributed by atoms with van der Waals surface area (Å²) in [5, 5.41) is 11.8. The minimum Gasteiger partial charge on any atom is -0.481 e. The van der Waals surface area contributed by atoms with Crippen LogP contribution in [-0.2, 0) is 4.79 Å². The lowest BCUT2D eigenvalue weighted by Crippen LogP contribution is -2.46. The number of amides is 2. The number of nitrogens with zero attached hydrogens (tertiary/aromatic N) is 1. The maximum atomic E-state index is 12.0. The van der Waals surface area contributed by atoms with Gasteiger partial charge < -0.3 is 15.3 Å². The van der Waals surface area contributed by atoms with Crippen molar-refractivity contribution in [2.45, 2.75) is 44.3 Å². The molecular formula is C12H16N2O3. The van der Waals surface area contributed by atoms with E-state index >= 15 is 0 Å². The Morgan fingerprint density at radius 2 is 2.24 bits per heavy atom. The van der Waals surface area contributed by atoms with Gasteiger partial charge in [-0.1, -0.05) is 5.92 Å². The van der Waals surface area contributed by atoms with Crippen molar-refractivity contribution in [2.24, 2.45) is 5.92 Å². The first-order valence-electron chi connectivity index (χ1n) is 5.82. The van der Waals surface area contributed by atoms with Crippen molar-refractivity contribution in [3.8, 4) is 12.3 Å². The molecule has 2 rings (SSSR count). The zero-order chi connectivity index (χ0) is 12.6. The van der Waals surface area contributed by atoms with Crippen molar-refractivity contribution in [1.82, 2.24) is 10.2 Å². The van der Waals surface area contributed by atoms with Crippen LogP contribution in [0.25, 0.3) is 0 Å². The summed E-state index contributed by atoms with van der Waals surface area (Å²) in [6.45, 7) is 1.73. The summed E-state index contributed by atoms with van der Waals surface area (Å²) in [6, 6.07) is -0.661. The van der Waals surface area contributed by atoms with Gasteiger partial charge in [0.25, 0.3) is 0 Å². The fourth-order valence-corrected chi connectivity index (χ4v) is 2.87. The van der Waals surface area contributed by atoms with Gasteiger partial charge in [0.05, 0.1) is 12.0 Å². The van der Waals surface area contributed by atoms with Crippen LogP contribution < -0.4 is 5.32 Å². The SMILES string of the molecule is C#CC(C)NC(=O)N1C2CCC1C(C(=O)O)C2. The van der Waals surface area contributed by atoms with E-state index in [2.05, 4.69) is 11.2 Å².